The largest absolute Gasteiger partial charge is 0.497 e. The molecule has 33 heavy (non-hydrogen) atoms. The molecular formula is C27H37NO4Si. The number of β-lactam (4-membered cyclic amide) rings is 1. The number of hydrogen-bond donors (Lipinski definition) is 0. The molecule has 2 aromatic rings. The minimum Gasteiger partial charge on any atom is -0.497 e. The fraction of sp³-hybridized carbons (Fsp3) is 0.481. The maximum absolute atomic E-state index is 13.5. The molecule has 1 saturated heterocycles. The zero-order valence-electron chi connectivity index (χ0n) is 21.0. The molecule has 0 unspecified atom stereocenters. The molecule has 6 heteroatoms. The second-order valence-electron chi connectivity index (χ2n) is 9.84. The van der Waals surface area contributed by atoms with Gasteiger partial charge in [0.25, 0.3) is 11.8 Å². The standard InChI is InChI=1S/C27H37NO4Si/c1-8-33(9-2,10-3)32-24-23(19-13-17-22(31-7)18-14-19)28(26(24)30)25(29)20-11-15-21(16-12-20)27(4,5)6/h11-18,23-24H,8-10H2,1-7H3/t23-,24+/m0/s1. The van der Waals surface area contributed by atoms with Crippen molar-refractivity contribution in [2.45, 2.75) is 77.2 Å². The summed E-state index contributed by atoms with van der Waals surface area (Å²) in [5, 5.41) is 0. The van der Waals surface area contributed by atoms with Gasteiger partial charge in [-0.1, -0.05) is 65.8 Å². The van der Waals surface area contributed by atoms with Gasteiger partial charge in [0.2, 0.25) is 0 Å². The molecule has 2 aromatic carbocycles. The highest BCUT2D eigenvalue weighted by molar-refractivity contribution is 6.73. The fourth-order valence-corrected chi connectivity index (χ4v) is 7.22. The molecule has 0 spiro atoms. The number of nitrogens with zero attached hydrogens (tertiary/aromatic N) is 1. The van der Waals surface area contributed by atoms with Gasteiger partial charge in [0, 0.05) is 5.56 Å². The van der Waals surface area contributed by atoms with Crippen molar-refractivity contribution in [2.75, 3.05) is 7.11 Å². The number of likely N-dealkylation sites (tertiary alicyclic amines) is 1. The van der Waals surface area contributed by atoms with E-state index in [9.17, 15) is 9.59 Å². The van der Waals surface area contributed by atoms with Crippen molar-refractivity contribution in [3.63, 3.8) is 0 Å². The van der Waals surface area contributed by atoms with Crippen LogP contribution < -0.4 is 4.74 Å². The van der Waals surface area contributed by atoms with E-state index < -0.39 is 20.5 Å². The molecule has 3 rings (SSSR count). The Labute approximate surface area is 199 Å². The molecule has 0 radical (unpaired) electrons. The molecule has 0 saturated carbocycles. The zero-order valence-corrected chi connectivity index (χ0v) is 22.0. The Morgan fingerprint density at radius 1 is 0.939 bits per heavy atom. The van der Waals surface area contributed by atoms with Gasteiger partial charge in [-0.2, -0.15) is 0 Å². The van der Waals surface area contributed by atoms with Gasteiger partial charge >= 0.3 is 0 Å². The fourth-order valence-electron chi connectivity index (χ4n) is 4.45. The lowest BCUT2D eigenvalue weighted by Crippen LogP contribution is -2.64. The Morgan fingerprint density at radius 2 is 1.48 bits per heavy atom. The van der Waals surface area contributed by atoms with Gasteiger partial charge < -0.3 is 9.16 Å². The van der Waals surface area contributed by atoms with E-state index in [-0.39, 0.29) is 17.2 Å². The summed E-state index contributed by atoms with van der Waals surface area (Å²) in [4.78, 5) is 28.1. The van der Waals surface area contributed by atoms with E-state index in [2.05, 4.69) is 41.5 Å². The Hall–Kier alpha value is -2.44. The molecule has 1 aliphatic heterocycles. The second-order valence-corrected chi connectivity index (χ2v) is 14.6. The number of hydrogen-bond acceptors (Lipinski definition) is 4. The number of benzene rings is 2. The topological polar surface area (TPSA) is 55.8 Å². The summed E-state index contributed by atoms with van der Waals surface area (Å²) in [6.07, 6.45) is -0.622. The minimum atomic E-state index is -2.04. The molecule has 0 bridgehead atoms. The molecule has 178 valence electrons. The quantitative estimate of drug-likeness (QED) is 0.267. The smallest absolute Gasteiger partial charge is 0.261 e. The summed E-state index contributed by atoms with van der Waals surface area (Å²) in [5.74, 6) is 0.211. The van der Waals surface area contributed by atoms with Crippen LogP contribution in [0.2, 0.25) is 18.1 Å². The number of carbonyl (C=O) groups is 2. The van der Waals surface area contributed by atoms with Gasteiger partial charge in [0.15, 0.2) is 14.4 Å². The lowest BCUT2D eigenvalue weighted by Gasteiger charge is -2.48. The molecule has 1 heterocycles. The van der Waals surface area contributed by atoms with Crippen LogP contribution in [-0.2, 0) is 14.6 Å². The number of ether oxygens (including phenoxy) is 1. The Kier molecular flexibility index (Phi) is 7.49. The lowest BCUT2D eigenvalue weighted by atomic mass is 9.86. The van der Waals surface area contributed by atoms with Crippen LogP contribution in [0.1, 0.15) is 69.1 Å². The van der Waals surface area contributed by atoms with Crippen LogP contribution in [0.3, 0.4) is 0 Å². The van der Waals surface area contributed by atoms with Crippen LogP contribution in [0.4, 0.5) is 0 Å². The summed E-state index contributed by atoms with van der Waals surface area (Å²) in [5.41, 5.74) is 2.53. The lowest BCUT2D eigenvalue weighted by molar-refractivity contribution is -0.158. The highest BCUT2D eigenvalue weighted by Crippen LogP contribution is 2.42. The normalized spacial score (nSPS) is 18.8. The maximum Gasteiger partial charge on any atom is 0.261 e. The number of carbonyl (C=O) groups excluding carboxylic acids is 2. The van der Waals surface area contributed by atoms with Crippen molar-refractivity contribution in [1.29, 1.82) is 0 Å². The second kappa shape index (κ2) is 9.81. The summed E-state index contributed by atoms with van der Waals surface area (Å²) < 4.78 is 11.9. The number of amides is 2. The van der Waals surface area contributed by atoms with Crippen LogP contribution in [0.25, 0.3) is 0 Å². The van der Waals surface area contributed by atoms with Crippen LogP contribution in [0, 0.1) is 0 Å². The molecular weight excluding hydrogens is 430 g/mol. The van der Waals surface area contributed by atoms with E-state index in [4.69, 9.17) is 9.16 Å². The van der Waals surface area contributed by atoms with Crippen molar-refractivity contribution in [2.24, 2.45) is 0 Å². The third-order valence-corrected chi connectivity index (χ3v) is 11.6. The van der Waals surface area contributed by atoms with E-state index in [1.165, 1.54) is 4.90 Å². The first-order valence-corrected chi connectivity index (χ1v) is 14.4. The monoisotopic (exact) mass is 467 g/mol. The SMILES string of the molecule is CC[Si](CC)(CC)O[C@H]1C(=O)N(C(=O)c2ccc(C(C)(C)C)cc2)[C@H]1c1ccc(OC)cc1. The molecule has 2 amide bonds. The highest BCUT2D eigenvalue weighted by atomic mass is 28.4. The van der Waals surface area contributed by atoms with Crippen molar-refractivity contribution in [3.8, 4) is 5.75 Å². The van der Waals surface area contributed by atoms with Gasteiger partial charge in [0.1, 0.15) is 5.75 Å². The number of imide groups is 1. The summed E-state index contributed by atoms with van der Waals surface area (Å²) in [6, 6.07) is 17.5. The van der Waals surface area contributed by atoms with Gasteiger partial charge in [-0.15, -0.1) is 0 Å². The van der Waals surface area contributed by atoms with Crippen LogP contribution >= 0.6 is 0 Å². The van der Waals surface area contributed by atoms with Gasteiger partial charge in [-0.25, -0.2) is 0 Å². The first kappa shape index (κ1) is 25.2. The third-order valence-electron chi connectivity index (χ3n) is 7.03. The van der Waals surface area contributed by atoms with Gasteiger partial charge in [0.05, 0.1) is 13.2 Å². The molecule has 0 aliphatic carbocycles. The van der Waals surface area contributed by atoms with Crippen molar-refractivity contribution >= 4 is 20.1 Å². The van der Waals surface area contributed by atoms with Gasteiger partial charge in [-0.05, 0) is 58.9 Å². The highest BCUT2D eigenvalue weighted by Gasteiger charge is 2.54. The summed E-state index contributed by atoms with van der Waals surface area (Å²) in [6.45, 7) is 12.8. The van der Waals surface area contributed by atoms with Crippen LogP contribution in [0.15, 0.2) is 48.5 Å². The van der Waals surface area contributed by atoms with E-state index in [1.807, 2.05) is 48.5 Å². The molecule has 2 atom stereocenters. The summed E-state index contributed by atoms with van der Waals surface area (Å²) in [7, 11) is -0.420. The van der Waals surface area contributed by atoms with Crippen molar-refractivity contribution in [3.05, 3.63) is 65.2 Å². The minimum absolute atomic E-state index is 0.00681. The average Bonchev–Trinajstić information content (AvgIpc) is 2.83. The van der Waals surface area contributed by atoms with E-state index in [0.717, 1.165) is 35.0 Å². The Morgan fingerprint density at radius 3 is 1.94 bits per heavy atom. The Balaban J connectivity index is 1.95. The first-order valence-electron chi connectivity index (χ1n) is 11.9. The molecule has 1 fully saturated rings. The summed E-state index contributed by atoms with van der Waals surface area (Å²) >= 11 is 0. The maximum atomic E-state index is 13.5. The molecule has 0 aromatic heterocycles. The predicted molar refractivity (Wildman–Crippen MR) is 134 cm³/mol. The zero-order chi connectivity index (χ0) is 24.4. The molecule has 5 nitrogen and oxygen atoms in total. The number of methoxy groups -OCH3 is 1. The first-order chi connectivity index (χ1) is 15.6. The molecule has 0 N–H and O–H groups in total. The average molecular weight is 468 g/mol. The van der Waals surface area contributed by atoms with E-state index in [1.54, 1.807) is 7.11 Å². The Bertz CT molecular complexity index is 966. The van der Waals surface area contributed by atoms with Crippen LogP contribution in [0.5, 0.6) is 5.75 Å². The van der Waals surface area contributed by atoms with Crippen LogP contribution in [-0.4, -0.2) is 38.2 Å². The third kappa shape index (κ3) is 4.92. The van der Waals surface area contributed by atoms with E-state index >= 15 is 0 Å². The van der Waals surface area contributed by atoms with Crippen molar-refractivity contribution in [1.82, 2.24) is 4.90 Å². The van der Waals surface area contributed by atoms with Gasteiger partial charge in [-0.3, -0.25) is 14.5 Å². The number of rotatable bonds is 8. The van der Waals surface area contributed by atoms with E-state index in [0.29, 0.717) is 5.56 Å². The predicted octanol–water partition coefficient (Wildman–Crippen LogP) is 6.11. The van der Waals surface area contributed by atoms with Crippen molar-refractivity contribution < 1.29 is 18.8 Å². The molecule has 1 aliphatic rings.